The molecule has 92 valence electrons. The van der Waals surface area contributed by atoms with Gasteiger partial charge in [-0.1, -0.05) is 44.2 Å². The van der Waals surface area contributed by atoms with Crippen molar-refractivity contribution in [1.29, 1.82) is 0 Å². The maximum Gasteiger partial charge on any atom is 0.336 e. The van der Waals surface area contributed by atoms with Gasteiger partial charge in [-0.2, -0.15) is 0 Å². The summed E-state index contributed by atoms with van der Waals surface area (Å²) in [5.74, 6) is -2.46. The number of carboxylic acid groups (broad SMARTS) is 2. The summed E-state index contributed by atoms with van der Waals surface area (Å²) in [7, 11) is 0. The molecule has 0 aliphatic heterocycles. The SMILES string of the molecule is C1CCCC1.O=C(O)c1ccccc1C(=O)O. The van der Waals surface area contributed by atoms with Crippen LogP contribution in [0.5, 0.6) is 0 Å². The zero-order chi connectivity index (χ0) is 12.7. The van der Waals surface area contributed by atoms with Crippen LogP contribution in [0.2, 0.25) is 0 Å². The molecule has 0 saturated heterocycles. The topological polar surface area (TPSA) is 74.6 Å². The quantitative estimate of drug-likeness (QED) is 0.827. The Labute approximate surface area is 99.9 Å². The Hall–Kier alpha value is -1.84. The van der Waals surface area contributed by atoms with Gasteiger partial charge in [-0.15, -0.1) is 0 Å². The lowest BCUT2D eigenvalue weighted by atomic mass is 10.1. The van der Waals surface area contributed by atoms with Crippen molar-refractivity contribution in [3.63, 3.8) is 0 Å². The van der Waals surface area contributed by atoms with Crippen LogP contribution in [0.4, 0.5) is 0 Å². The molecule has 1 aromatic carbocycles. The van der Waals surface area contributed by atoms with Crippen LogP contribution in [-0.2, 0) is 0 Å². The summed E-state index contributed by atoms with van der Waals surface area (Å²) in [4.78, 5) is 20.9. The number of hydrogen-bond acceptors (Lipinski definition) is 2. The third-order valence-corrected chi connectivity index (χ3v) is 2.64. The van der Waals surface area contributed by atoms with Gasteiger partial charge in [-0.3, -0.25) is 0 Å². The van der Waals surface area contributed by atoms with Crippen LogP contribution in [-0.4, -0.2) is 22.2 Å². The molecule has 1 aliphatic rings. The van der Waals surface area contributed by atoms with Gasteiger partial charge in [0.25, 0.3) is 0 Å². The van der Waals surface area contributed by atoms with Crippen LogP contribution in [0.1, 0.15) is 52.8 Å². The molecule has 0 radical (unpaired) electrons. The molecule has 0 amide bonds. The van der Waals surface area contributed by atoms with E-state index in [0.717, 1.165) is 0 Å². The summed E-state index contributed by atoms with van der Waals surface area (Å²) in [5, 5.41) is 17.1. The van der Waals surface area contributed by atoms with Gasteiger partial charge in [0.15, 0.2) is 0 Å². The summed E-state index contributed by atoms with van der Waals surface area (Å²) in [6.45, 7) is 0. The number of aromatic carboxylic acids is 2. The first-order chi connectivity index (χ1) is 8.13. The summed E-state index contributed by atoms with van der Waals surface area (Å²) in [5.41, 5.74) is -0.380. The first-order valence-electron chi connectivity index (χ1n) is 5.68. The Bertz CT molecular complexity index is 354. The van der Waals surface area contributed by atoms with Gasteiger partial charge < -0.3 is 10.2 Å². The third-order valence-electron chi connectivity index (χ3n) is 2.64. The zero-order valence-corrected chi connectivity index (χ0v) is 9.56. The molecule has 0 bridgehead atoms. The molecule has 1 saturated carbocycles. The summed E-state index contributed by atoms with van der Waals surface area (Å²) >= 11 is 0. The van der Waals surface area contributed by atoms with Gasteiger partial charge in [0.2, 0.25) is 0 Å². The van der Waals surface area contributed by atoms with E-state index < -0.39 is 11.9 Å². The smallest absolute Gasteiger partial charge is 0.336 e. The number of hydrogen-bond donors (Lipinski definition) is 2. The number of benzene rings is 1. The van der Waals surface area contributed by atoms with Gasteiger partial charge in [-0.25, -0.2) is 9.59 Å². The lowest BCUT2D eigenvalue weighted by Crippen LogP contribution is -2.06. The lowest BCUT2D eigenvalue weighted by Gasteiger charge is -1.98. The maximum absolute atomic E-state index is 10.5. The highest BCUT2D eigenvalue weighted by molar-refractivity contribution is 6.01. The fraction of sp³-hybridized carbons (Fsp3) is 0.385. The molecule has 1 aliphatic carbocycles. The first kappa shape index (κ1) is 13.2. The second-order valence-corrected chi connectivity index (χ2v) is 3.92. The van der Waals surface area contributed by atoms with Crippen molar-refractivity contribution in [3.05, 3.63) is 35.4 Å². The highest BCUT2D eigenvalue weighted by Crippen LogP contribution is 2.15. The second-order valence-electron chi connectivity index (χ2n) is 3.92. The Morgan fingerprint density at radius 1 is 0.765 bits per heavy atom. The van der Waals surface area contributed by atoms with Crippen molar-refractivity contribution in [1.82, 2.24) is 0 Å². The van der Waals surface area contributed by atoms with E-state index in [1.54, 1.807) is 0 Å². The van der Waals surface area contributed by atoms with Crippen LogP contribution in [0.25, 0.3) is 0 Å². The summed E-state index contributed by atoms with van der Waals surface area (Å²) in [6, 6.07) is 5.48. The largest absolute Gasteiger partial charge is 0.478 e. The van der Waals surface area contributed by atoms with E-state index in [9.17, 15) is 9.59 Å². The van der Waals surface area contributed by atoms with E-state index in [1.807, 2.05) is 0 Å². The number of carboxylic acids is 2. The Morgan fingerprint density at radius 2 is 1.06 bits per heavy atom. The zero-order valence-electron chi connectivity index (χ0n) is 9.56. The highest BCUT2D eigenvalue weighted by Gasteiger charge is 2.13. The lowest BCUT2D eigenvalue weighted by molar-refractivity contribution is 0.0651. The van der Waals surface area contributed by atoms with Crippen LogP contribution < -0.4 is 0 Å². The molecule has 2 rings (SSSR count). The monoisotopic (exact) mass is 236 g/mol. The average Bonchev–Trinajstić information content (AvgIpc) is 2.87. The molecule has 1 aromatic rings. The van der Waals surface area contributed by atoms with Gasteiger partial charge in [0.05, 0.1) is 11.1 Å². The fourth-order valence-corrected chi connectivity index (χ4v) is 1.74. The molecule has 4 nitrogen and oxygen atoms in total. The van der Waals surface area contributed by atoms with E-state index in [1.165, 1.54) is 56.4 Å². The van der Waals surface area contributed by atoms with E-state index in [4.69, 9.17) is 10.2 Å². The fourth-order valence-electron chi connectivity index (χ4n) is 1.74. The number of rotatable bonds is 2. The Morgan fingerprint density at radius 3 is 1.29 bits per heavy atom. The minimum Gasteiger partial charge on any atom is -0.478 e. The van der Waals surface area contributed by atoms with Gasteiger partial charge in [-0.05, 0) is 12.1 Å². The molecule has 4 heteroatoms. The molecule has 0 spiro atoms. The molecule has 0 unspecified atom stereocenters. The van der Waals surface area contributed by atoms with Crippen molar-refractivity contribution in [2.75, 3.05) is 0 Å². The molecular weight excluding hydrogens is 220 g/mol. The van der Waals surface area contributed by atoms with E-state index in [-0.39, 0.29) is 11.1 Å². The van der Waals surface area contributed by atoms with Crippen LogP contribution >= 0.6 is 0 Å². The van der Waals surface area contributed by atoms with Gasteiger partial charge in [0, 0.05) is 0 Å². The minimum atomic E-state index is -1.23. The molecule has 0 aromatic heterocycles. The average molecular weight is 236 g/mol. The summed E-state index contributed by atoms with van der Waals surface area (Å²) in [6.07, 6.45) is 7.50. The van der Waals surface area contributed by atoms with Crippen molar-refractivity contribution in [2.45, 2.75) is 32.1 Å². The Kier molecular flexibility index (Phi) is 5.20. The van der Waals surface area contributed by atoms with Gasteiger partial charge in [0.1, 0.15) is 0 Å². The predicted molar refractivity (Wildman–Crippen MR) is 63.4 cm³/mol. The molecule has 1 fully saturated rings. The van der Waals surface area contributed by atoms with E-state index in [2.05, 4.69) is 0 Å². The minimum absolute atomic E-state index is 0.190. The third kappa shape index (κ3) is 4.26. The molecular formula is C13H16O4. The van der Waals surface area contributed by atoms with Gasteiger partial charge >= 0.3 is 11.9 Å². The van der Waals surface area contributed by atoms with Crippen LogP contribution in [0.15, 0.2) is 24.3 Å². The second kappa shape index (κ2) is 6.68. The first-order valence-corrected chi connectivity index (χ1v) is 5.68. The van der Waals surface area contributed by atoms with Crippen molar-refractivity contribution >= 4 is 11.9 Å². The molecule has 0 heterocycles. The number of carbonyl (C=O) groups is 2. The summed E-state index contributed by atoms with van der Waals surface area (Å²) < 4.78 is 0. The predicted octanol–water partition coefficient (Wildman–Crippen LogP) is 3.03. The van der Waals surface area contributed by atoms with E-state index >= 15 is 0 Å². The maximum atomic E-state index is 10.5. The van der Waals surface area contributed by atoms with E-state index in [0.29, 0.717) is 0 Å². The molecule has 2 N–H and O–H groups in total. The van der Waals surface area contributed by atoms with Crippen molar-refractivity contribution in [3.8, 4) is 0 Å². The Balaban J connectivity index is 0.000000239. The highest BCUT2D eigenvalue weighted by atomic mass is 16.4. The molecule has 17 heavy (non-hydrogen) atoms. The van der Waals surface area contributed by atoms with Crippen molar-refractivity contribution in [2.24, 2.45) is 0 Å². The molecule has 0 atom stereocenters. The van der Waals surface area contributed by atoms with Crippen molar-refractivity contribution < 1.29 is 19.8 Å². The normalized spacial score (nSPS) is 13.6. The van der Waals surface area contributed by atoms with Crippen LogP contribution in [0, 0.1) is 0 Å². The van der Waals surface area contributed by atoms with Crippen LogP contribution in [0.3, 0.4) is 0 Å². The standard InChI is InChI=1S/C8H6O4.C5H10/c9-7(10)5-3-1-2-4-6(5)8(11)12;1-2-4-5-3-1/h1-4H,(H,9,10)(H,11,12);1-5H2.